The number of hydrogen-bond donors (Lipinski definition) is 1. The Bertz CT molecular complexity index is 533. The number of carbonyl (C=O) groups is 2. The molecular weight excluding hydrogens is 286 g/mol. The summed E-state index contributed by atoms with van der Waals surface area (Å²) in [6, 6.07) is 4.73. The third kappa shape index (κ3) is 3.02. The van der Waals surface area contributed by atoms with E-state index in [-0.39, 0.29) is 19.1 Å². The number of nitrogens with zero attached hydrogens (tertiary/aromatic N) is 1. The van der Waals surface area contributed by atoms with Gasteiger partial charge in [0.05, 0.1) is 25.8 Å². The zero-order valence-corrected chi connectivity index (χ0v) is 11.6. The first-order chi connectivity index (χ1) is 9.52. The van der Waals surface area contributed by atoms with Crippen molar-refractivity contribution in [1.82, 2.24) is 4.90 Å². The number of rotatable bonds is 3. The number of benzene rings is 1. The molecule has 1 N–H and O–H groups in total. The summed E-state index contributed by atoms with van der Waals surface area (Å²) in [4.78, 5) is 24.8. The Morgan fingerprint density at radius 2 is 2.25 bits per heavy atom. The Kier molecular flexibility index (Phi) is 4.46. The molecule has 1 atom stereocenters. The molecule has 20 heavy (non-hydrogen) atoms. The predicted molar refractivity (Wildman–Crippen MR) is 71.3 cm³/mol. The lowest BCUT2D eigenvalue weighted by atomic mass is 10.1. The number of morpholine rings is 1. The predicted octanol–water partition coefficient (Wildman–Crippen LogP) is 1.27. The molecule has 0 aliphatic carbocycles. The molecule has 1 saturated heterocycles. The molecule has 7 heteroatoms. The van der Waals surface area contributed by atoms with Gasteiger partial charge in [0.25, 0.3) is 5.91 Å². The van der Waals surface area contributed by atoms with Crippen molar-refractivity contribution in [1.29, 1.82) is 0 Å². The van der Waals surface area contributed by atoms with E-state index in [1.807, 2.05) is 0 Å². The van der Waals surface area contributed by atoms with Crippen LogP contribution in [0.1, 0.15) is 10.4 Å². The number of ether oxygens (including phenoxy) is 2. The summed E-state index contributed by atoms with van der Waals surface area (Å²) in [5.41, 5.74) is 0.311. The van der Waals surface area contributed by atoms with E-state index in [9.17, 15) is 9.59 Å². The highest BCUT2D eigenvalue weighted by molar-refractivity contribution is 6.31. The summed E-state index contributed by atoms with van der Waals surface area (Å²) < 4.78 is 10.2. The van der Waals surface area contributed by atoms with E-state index in [2.05, 4.69) is 0 Å². The van der Waals surface area contributed by atoms with Crippen molar-refractivity contribution in [3.63, 3.8) is 0 Å². The summed E-state index contributed by atoms with van der Waals surface area (Å²) in [6.45, 7) is 0.522. The van der Waals surface area contributed by atoms with Crippen LogP contribution >= 0.6 is 11.6 Å². The van der Waals surface area contributed by atoms with Crippen LogP contribution in [0.25, 0.3) is 0 Å². The van der Waals surface area contributed by atoms with Crippen LogP contribution in [0.5, 0.6) is 5.75 Å². The van der Waals surface area contributed by atoms with Crippen molar-refractivity contribution in [3.8, 4) is 5.75 Å². The molecule has 108 valence electrons. The van der Waals surface area contributed by atoms with Crippen LogP contribution in [-0.4, -0.2) is 54.8 Å². The zero-order chi connectivity index (χ0) is 14.7. The average Bonchev–Trinajstić information content (AvgIpc) is 2.46. The van der Waals surface area contributed by atoms with Crippen LogP contribution < -0.4 is 4.74 Å². The third-order valence-corrected chi connectivity index (χ3v) is 3.26. The SMILES string of the molecule is COc1ccc(Cl)cc1C(=O)N1CCO[C@H](C(=O)O)C1. The van der Waals surface area contributed by atoms with E-state index in [4.69, 9.17) is 26.2 Å². The lowest BCUT2D eigenvalue weighted by molar-refractivity contribution is -0.154. The second-order valence-corrected chi connectivity index (χ2v) is 4.73. The fourth-order valence-corrected chi connectivity index (χ4v) is 2.17. The molecule has 2 rings (SSSR count). The molecule has 0 radical (unpaired) electrons. The van der Waals surface area contributed by atoms with Crippen LogP contribution in [0.4, 0.5) is 0 Å². The minimum Gasteiger partial charge on any atom is -0.496 e. The number of carboxylic acid groups (broad SMARTS) is 1. The van der Waals surface area contributed by atoms with Gasteiger partial charge in [-0.05, 0) is 18.2 Å². The Hall–Kier alpha value is -1.79. The molecule has 1 aromatic carbocycles. The van der Waals surface area contributed by atoms with Gasteiger partial charge in [-0.3, -0.25) is 4.79 Å². The third-order valence-electron chi connectivity index (χ3n) is 3.02. The number of aliphatic carboxylic acids is 1. The normalized spacial score (nSPS) is 18.7. The highest BCUT2D eigenvalue weighted by Crippen LogP contribution is 2.24. The quantitative estimate of drug-likeness (QED) is 0.910. The van der Waals surface area contributed by atoms with Gasteiger partial charge in [0, 0.05) is 11.6 Å². The highest BCUT2D eigenvalue weighted by Gasteiger charge is 2.30. The minimum absolute atomic E-state index is 0.00380. The van der Waals surface area contributed by atoms with Crippen LogP contribution in [-0.2, 0) is 9.53 Å². The number of hydrogen-bond acceptors (Lipinski definition) is 4. The first kappa shape index (κ1) is 14.6. The fourth-order valence-electron chi connectivity index (χ4n) is 2.00. The van der Waals surface area contributed by atoms with Crippen molar-refractivity contribution < 1.29 is 24.2 Å². The van der Waals surface area contributed by atoms with E-state index in [1.54, 1.807) is 12.1 Å². The maximum absolute atomic E-state index is 12.4. The number of carbonyl (C=O) groups excluding carboxylic acids is 1. The van der Waals surface area contributed by atoms with Crippen molar-refractivity contribution in [2.45, 2.75) is 6.10 Å². The molecule has 0 spiro atoms. The maximum atomic E-state index is 12.4. The fraction of sp³-hybridized carbons (Fsp3) is 0.385. The maximum Gasteiger partial charge on any atom is 0.334 e. The first-order valence-electron chi connectivity index (χ1n) is 6.00. The molecule has 1 aromatic rings. The number of amides is 1. The Labute approximate surface area is 120 Å². The van der Waals surface area contributed by atoms with Gasteiger partial charge in [-0.2, -0.15) is 0 Å². The Balaban J connectivity index is 2.22. The van der Waals surface area contributed by atoms with E-state index < -0.39 is 12.1 Å². The lowest BCUT2D eigenvalue weighted by Crippen LogP contribution is -2.48. The van der Waals surface area contributed by atoms with Crippen LogP contribution in [0.3, 0.4) is 0 Å². The summed E-state index contributed by atoms with van der Waals surface area (Å²) >= 11 is 5.89. The monoisotopic (exact) mass is 299 g/mol. The summed E-state index contributed by atoms with van der Waals surface area (Å²) in [5.74, 6) is -1.00. The van der Waals surface area contributed by atoms with Crippen LogP contribution in [0.15, 0.2) is 18.2 Å². The molecular formula is C13H14ClNO5. The van der Waals surface area contributed by atoms with Crippen LogP contribution in [0, 0.1) is 0 Å². The van der Waals surface area contributed by atoms with Gasteiger partial charge in [0.1, 0.15) is 5.75 Å². The first-order valence-corrected chi connectivity index (χ1v) is 6.38. The number of halogens is 1. The Morgan fingerprint density at radius 1 is 1.50 bits per heavy atom. The van der Waals surface area contributed by atoms with Gasteiger partial charge in [-0.15, -0.1) is 0 Å². The Morgan fingerprint density at radius 3 is 2.90 bits per heavy atom. The summed E-state index contributed by atoms with van der Waals surface area (Å²) in [5, 5.41) is 9.36. The molecule has 1 fully saturated rings. The van der Waals surface area contributed by atoms with E-state index in [1.165, 1.54) is 18.1 Å². The van der Waals surface area contributed by atoms with Gasteiger partial charge in [-0.25, -0.2) is 4.79 Å². The van der Waals surface area contributed by atoms with Gasteiger partial charge in [0.2, 0.25) is 0 Å². The number of methoxy groups -OCH3 is 1. The largest absolute Gasteiger partial charge is 0.496 e. The van der Waals surface area contributed by atoms with Crippen LogP contribution in [0.2, 0.25) is 5.02 Å². The van der Waals surface area contributed by atoms with E-state index in [0.717, 1.165) is 0 Å². The average molecular weight is 300 g/mol. The van der Waals surface area contributed by atoms with Gasteiger partial charge in [0.15, 0.2) is 6.10 Å². The van der Waals surface area contributed by atoms with Gasteiger partial charge in [-0.1, -0.05) is 11.6 Å². The summed E-state index contributed by atoms with van der Waals surface area (Å²) in [7, 11) is 1.46. The molecule has 0 unspecified atom stereocenters. The van der Waals surface area contributed by atoms with Crippen molar-refractivity contribution in [2.75, 3.05) is 26.8 Å². The van der Waals surface area contributed by atoms with Gasteiger partial charge < -0.3 is 19.5 Å². The zero-order valence-electron chi connectivity index (χ0n) is 10.8. The van der Waals surface area contributed by atoms with Gasteiger partial charge >= 0.3 is 5.97 Å². The van der Waals surface area contributed by atoms with Crippen molar-refractivity contribution in [2.24, 2.45) is 0 Å². The minimum atomic E-state index is -1.08. The second kappa shape index (κ2) is 6.11. The van der Waals surface area contributed by atoms with E-state index >= 15 is 0 Å². The topological polar surface area (TPSA) is 76.1 Å². The van der Waals surface area contributed by atoms with Crippen molar-refractivity contribution in [3.05, 3.63) is 28.8 Å². The molecule has 1 aliphatic rings. The molecule has 0 saturated carbocycles. The molecule has 1 amide bonds. The van der Waals surface area contributed by atoms with Crippen molar-refractivity contribution >= 4 is 23.5 Å². The molecule has 1 aliphatic heterocycles. The second-order valence-electron chi connectivity index (χ2n) is 4.29. The molecule has 1 heterocycles. The molecule has 0 bridgehead atoms. The lowest BCUT2D eigenvalue weighted by Gasteiger charge is -2.31. The smallest absolute Gasteiger partial charge is 0.334 e. The molecule has 6 nitrogen and oxygen atoms in total. The summed E-state index contributed by atoms with van der Waals surface area (Å²) in [6.07, 6.45) is -1.00. The van der Waals surface area contributed by atoms with E-state index in [0.29, 0.717) is 22.9 Å². The molecule has 0 aromatic heterocycles. The highest BCUT2D eigenvalue weighted by atomic mass is 35.5. The standard InChI is InChI=1S/C13H14ClNO5/c1-19-10-3-2-8(14)6-9(10)12(16)15-4-5-20-11(7-15)13(17)18/h2-3,6,11H,4-5,7H2,1H3,(H,17,18)/t11-/m0/s1. The number of carboxylic acids is 1.